The number of aromatic nitrogens is 1. The van der Waals surface area contributed by atoms with Gasteiger partial charge in [0.25, 0.3) is 0 Å². The molecule has 0 amide bonds. The highest BCUT2D eigenvalue weighted by molar-refractivity contribution is 7.15. The van der Waals surface area contributed by atoms with E-state index in [1.807, 2.05) is 0 Å². The second kappa shape index (κ2) is 7.09. The fraction of sp³-hybridized carbons (Fsp3) is 0.438. The van der Waals surface area contributed by atoms with Crippen LogP contribution >= 0.6 is 11.3 Å². The fourth-order valence-corrected chi connectivity index (χ4v) is 3.17. The van der Waals surface area contributed by atoms with Crippen LogP contribution in [0.25, 0.3) is 10.6 Å². The van der Waals surface area contributed by atoms with Crippen LogP contribution in [-0.4, -0.2) is 11.0 Å². The number of nitrogens with one attached hydrogen (secondary N) is 1. The van der Waals surface area contributed by atoms with Gasteiger partial charge in [0, 0.05) is 17.5 Å². The second-order valence-electron chi connectivity index (χ2n) is 5.27. The molecule has 0 atom stereocenters. The van der Waals surface area contributed by atoms with Gasteiger partial charge in [-0.1, -0.05) is 33.3 Å². The van der Waals surface area contributed by atoms with Gasteiger partial charge >= 0.3 is 0 Å². The number of hydrogen-bond donors (Lipinski definition) is 1. The van der Waals surface area contributed by atoms with Crippen molar-refractivity contribution in [1.29, 1.82) is 0 Å². The van der Waals surface area contributed by atoms with Gasteiger partial charge in [-0.3, -0.25) is 0 Å². The largest absolute Gasteiger partial charge is 0.310 e. The maximum Gasteiger partial charge on any atom is 0.136 e. The van der Waals surface area contributed by atoms with E-state index >= 15 is 0 Å². The van der Waals surface area contributed by atoms with Crippen LogP contribution in [0.2, 0.25) is 0 Å². The molecule has 0 saturated heterocycles. The first-order chi connectivity index (χ1) is 10.0. The summed E-state index contributed by atoms with van der Waals surface area (Å²) in [6, 6.07) is 4.27. The van der Waals surface area contributed by atoms with Crippen LogP contribution in [0.5, 0.6) is 0 Å². The molecule has 114 valence electrons. The Morgan fingerprint density at radius 3 is 2.48 bits per heavy atom. The minimum atomic E-state index is -0.560. The molecule has 1 aromatic heterocycles. The summed E-state index contributed by atoms with van der Waals surface area (Å²) in [6.45, 7) is 6.89. The summed E-state index contributed by atoms with van der Waals surface area (Å²) in [4.78, 5) is 5.53. The van der Waals surface area contributed by atoms with Gasteiger partial charge in [-0.05, 0) is 18.6 Å². The first-order valence-corrected chi connectivity index (χ1v) is 8.01. The Hall–Kier alpha value is -1.33. The molecule has 5 heteroatoms. The van der Waals surface area contributed by atoms with Crippen molar-refractivity contribution in [3.05, 3.63) is 40.4 Å². The number of hydrogen-bond acceptors (Lipinski definition) is 3. The Bertz CT molecular complexity index is 588. The molecule has 0 aliphatic carbocycles. The predicted molar refractivity (Wildman–Crippen MR) is 83.4 cm³/mol. The number of aryl methyl sites for hydroxylation is 1. The number of rotatable bonds is 6. The molecule has 21 heavy (non-hydrogen) atoms. The predicted octanol–water partition coefficient (Wildman–Crippen LogP) is 4.54. The van der Waals surface area contributed by atoms with E-state index in [2.05, 4.69) is 31.1 Å². The van der Waals surface area contributed by atoms with Gasteiger partial charge in [0.2, 0.25) is 0 Å². The third kappa shape index (κ3) is 3.86. The molecule has 0 unspecified atom stereocenters. The van der Waals surface area contributed by atoms with E-state index in [1.165, 1.54) is 29.5 Å². The first-order valence-electron chi connectivity index (χ1n) is 7.19. The second-order valence-corrected chi connectivity index (χ2v) is 6.35. The van der Waals surface area contributed by atoms with Crippen molar-refractivity contribution in [2.24, 2.45) is 0 Å². The van der Waals surface area contributed by atoms with E-state index in [1.54, 1.807) is 0 Å². The van der Waals surface area contributed by atoms with Crippen LogP contribution in [0.15, 0.2) is 18.2 Å². The lowest BCUT2D eigenvalue weighted by molar-refractivity contribution is 0.589. The third-order valence-corrected chi connectivity index (χ3v) is 4.23. The highest BCUT2D eigenvalue weighted by Crippen LogP contribution is 2.32. The summed E-state index contributed by atoms with van der Waals surface area (Å²) >= 11 is 1.37. The molecule has 0 saturated carbocycles. The maximum absolute atomic E-state index is 13.9. The highest BCUT2D eigenvalue weighted by atomic mass is 32.1. The van der Waals surface area contributed by atoms with Crippen molar-refractivity contribution < 1.29 is 8.78 Å². The van der Waals surface area contributed by atoms with Gasteiger partial charge in [0.1, 0.15) is 16.6 Å². The lowest BCUT2D eigenvalue weighted by atomic mass is 10.2. The van der Waals surface area contributed by atoms with E-state index in [0.717, 1.165) is 23.4 Å². The molecule has 0 aliphatic heterocycles. The van der Waals surface area contributed by atoms with Crippen molar-refractivity contribution in [3.8, 4) is 10.6 Å². The van der Waals surface area contributed by atoms with Crippen LogP contribution < -0.4 is 5.32 Å². The van der Waals surface area contributed by atoms with Crippen molar-refractivity contribution in [1.82, 2.24) is 10.3 Å². The molecule has 2 rings (SSSR count). The Morgan fingerprint density at radius 2 is 1.90 bits per heavy atom. The zero-order valence-electron chi connectivity index (χ0n) is 12.5. The molecule has 0 radical (unpaired) electrons. The van der Waals surface area contributed by atoms with E-state index in [4.69, 9.17) is 0 Å². The normalized spacial score (nSPS) is 11.3. The zero-order valence-corrected chi connectivity index (χ0v) is 13.4. The van der Waals surface area contributed by atoms with Crippen molar-refractivity contribution in [2.45, 2.75) is 46.2 Å². The molecule has 1 N–H and O–H groups in total. The van der Waals surface area contributed by atoms with Crippen molar-refractivity contribution in [3.63, 3.8) is 0 Å². The minimum Gasteiger partial charge on any atom is -0.310 e. The lowest BCUT2D eigenvalue weighted by Crippen LogP contribution is -2.21. The van der Waals surface area contributed by atoms with Gasteiger partial charge in [0.05, 0.1) is 11.3 Å². The molecular formula is C16H20F2N2S. The molecule has 1 heterocycles. The minimum absolute atomic E-state index is 0.0179. The molecule has 2 aromatic rings. The number of nitrogens with zero attached hydrogens (tertiary/aromatic N) is 1. The summed E-state index contributed by atoms with van der Waals surface area (Å²) in [6.07, 6.45) is 1.78. The van der Waals surface area contributed by atoms with Crippen LogP contribution in [0.3, 0.4) is 0 Å². The first kappa shape index (κ1) is 16.0. The smallest absolute Gasteiger partial charge is 0.136 e. The maximum atomic E-state index is 13.9. The van der Waals surface area contributed by atoms with Crippen molar-refractivity contribution >= 4 is 11.3 Å². The van der Waals surface area contributed by atoms with E-state index in [0.29, 0.717) is 17.6 Å². The Labute approximate surface area is 128 Å². The van der Waals surface area contributed by atoms with Gasteiger partial charge in [0.15, 0.2) is 0 Å². The molecular weight excluding hydrogens is 290 g/mol. The van der Waals surface area contributed by atoms with Gasteiger partial charge in [-0.15, -0.1) is 11.3 Å². The van der Waals surface area contributed by atoms with Crippen LogP contribution in [0, 0.1) is 11.6 Å². The summed E-state index contributed by atoms with van der Waals surface area (Å²) in [7, 11) is 0. The molecule has 0 aliphatic rings. The standard InChI is InChI=1S/C16H20F2N2S/c1-4-6-13-14(9-19-10(2)3)21-16(20-13)15-11(17)7-5-8-12(15)18/h5,7-8,10,19H,4,6,9H2,1-3H3. The summed E-state index contributed by atoms with van der Waals surface area (Å²) in [5, 5.41) is 3.76. The zero-order chi connectivity index (χ0) is 15.4. The average Bonchev–Trinajstić information content (AvgIpc) is 2.79. The van der Waals surface area contributed by atoms with Crippen LogP contribution in [0.1, 0.15) is 37.8 Å². The van der Waals surface area contributed by atoms with Gasteiger partial charge < -0.3 is 5.32 Å². The Morgan fingerprint density at radius 1 is 1.24 bits per heavy atom. The number of thiazole rings is 1. The van der Waals surface area contributed by atoms with E-state index in [9.17, 15) is 8.78 Å². The third-order valence-electron chi connectivity index (χ3n) is 3.11. The quantitative estimate of drug-likeness (QED) is 0.847. The molecule has 1 aromatic carbocycles. The van der Waals surface area contributed by atoms with Crippen LogP contribution in [-0.2, 0) is 13.0 Å². The highest BCUT2D eigenvalue weighted by Gasteiger charge is 2.18. The average molecular weight is 310 g/mol. The van der Waals surface area contributed by atoms with Gasteiger partial charge in [-0.2, -0.15) is 0 Å². The summed E-state index contributed by atoms with van der Waals surface area (Å²) in [5.41, 5.74) is 0.920. The topological polar surface area (TPSA) is 24.9 Å². The molecule has 0 fully saturated rings. The van der Waals surface area contributed by atoms with Crippen LogP contribution in [0.4, 0.5) is 8.78 Å². The molecule has 0 bridgehead atoms. The van der Waals surface area contributed by atoms with Crippen molar-refractivity contribution in [2.75, 3.05) is 0 Å². The SMILES string of the molecule is CCCc1nc(-c2c(F)cccc2F)sc1CNC(C)C. The Kier molecular flexibility index (Phi) is 5.42. The number of benzene rings is 1. The summed E-state index contributed by atoms with van der Waals surface area (Å²) < 4.78 is 27.8. The fourth-order valence-electron chi connectivity index (χ4n) is 2.06. The Balaban J connectivity index is 2.38. The summed E-state index contributed by atoms with van der Waals surface area (Å²) in [5.74, 6) is -1.12. The van der Waals surface area contributed by atoms with E-state index in [-0.39, 0.29) is 5.56 Å². The molecule has 2 nitrogen and oxygen atoms in total. The monoisotopic (exact) mass is 310 g/mol. The lowest BCUT2D eigenvalue weighted by Gasteiger charge is -2.07. The molecule has 0 spiro atoms. The number of halogens is 2. The van der Waals surface area contributed by atoms with Gasteiger partial charge in [-0.25, -0.2) is 13.8 Å². The van der Waals surface area contributed by atoms with E-state index < -0.39 is 11.6 Å².